The zero-order chi connectivity index (χ0) is 14.7. The van der Waals surface area contributed by atoms with Crippen LogP contribution in [0.4, 0.5) is 0 Å². The largest absolute Gasteiger partial charge is 0.493 e. The zero-order valence-corrected chi connectivity index (χ0v) is 11.4. The molecule has 0 unspecified atom stereocenters. The molecular weight excluding hydrogens is 270 g/mol. The van der Waals surface area contributed by atoms with Gasteiger partial charge in [-0.2, -0.15) is 0 Å². The van der Waals surface area contributed by atoms with Gasteiger partial charge in [0, 0.05) is 19.0 Å². The van der Waals surface area contributed by atoms with Crippen LogP contribution in [0, 0.1) is 0 Å². The summed E-state index contributed by atoms with van der Waals surface area (Å²) in [4.78, 5) is 14.8. The summed E-state index contributed by atoms with van der Waals surface area (Å²) in [6, 6.07) is 9.38. The van der Waals surface area contributed by atoms with E-state index in [9.17, 15) is 4.79 Å². The van der Waals surface area contributed by atoms with E-state index in [-0.39, 0.29) is 5.69 Å². The molecule has 0 bridgehead atoms. The van der Waals surface area contributed by atoms with E-state index in [1.807, 2.05) is 12.1 Å². The summed E-state index contributed by atoms with van der Waals surface area (Å²) >= 11 is 0. The van der Waals surface area contributed by atoms with Crippen LogP contribution in [0.15, 0.2) is 36.5 Å². The number of carboxylic acid groups (broad SMARTS) is 1. The Morgan fingerprint density at radius 1 is 1.38 bits per heavy atom. The summed E-state index contributed by atoms with van der Waals surface area (Å²) in [7, 11) is 0. The maximum atomic E-state index is 11.0. The van der Waals surface area contributed by atoms with Crippen LogP contribution >= 0.6 is 0 Å². The normalized spacial score (nSPS) is 12.6. The van der Waals surface area contributed by atoms with Gasteiger partial charge in [-0.15, -0.1) is 0 Å². The van der Waals surface area contributed by atoms with E-state index < -0.39 is 5.97 Å². The molecule has 3 rings (SSSR count). The van der Waals surface area contributed by atoms with Crippen molar-refractivity contribution in [2.45, 2.75) is 12.8 Å². The van der Waals surface area contributed by atoms with E-state index in [4.69, 9.17) is 14.6 Å². The SMILES string of the molecule is O=C(O)c1ncccc1OCCc1ccc2c(c1)CCO2. The number of fused-ring (bicyclic) bond motifs is 1. The number of carbonyl (C=O) groups is 1. The van der Waals surface area contributed by atoms with Crippen molar-refractivity contribution in [1.29, 1.82) is 0 Å². The number of hydrogen-bond donors (Lipinski definition) is 1. The van der Waals surface area contributed by atoms with E-state index in [0.29, 0.717) is 18.8 Å². The van der Waals surface area contributed by atoms with Gasteiger partial charge in [0.25, 0.3) is 0 Å². The fourth-order valence-corrected chi connectivity index (χ4v) is 2.34. The maximum Gasteiger partial charge on any atom is 0.358 e. The van der Waals surface area contributed by atoms with Crippen LogP contribution in [0.1, 0.15) is 21.6 Å². The number of aromatic nitrogens is 1. The van der Waals surface area contributed by atoms with Gasteiger partial charge in [0.05, 0.1) is 13.2 Å². The van der Waals surface area contributed by atoms with Crippen molar-refractivity contribution in [2.24, 2.45) is 0 Å². The third-order valence-corrected chi connectivity index (χ3v) is 3.38. The summed E-state index contributed by atoms with van der Waals surface area (Å²) < 4.78 is 11.0. The number of ether oxygens (including phenoxy) is 2. The van der Waals surface area contributed by atoms with Crippen LogP contribution in [0.2, 0.25) is 0 Å². The lowest BCUT2D eigenvalue weighted by molar-refractivity contribution is 0.0685. The molecule has 108 valence electrons. The molecule has 0 spiro atoms. The van der Waals surface area contributed by atoms with Gasteiger partial charge in [0.2, 0.25) is 0 Å². The number of carboxylic acids is 1. The molecule has 0 fully saturated rings. The minimum Gasteiger partial charge on any atom is -0.493 e. The number of rotatable bonds is 5. The topological polar surface area (TPSA) is 68.7 Å². The minimum atomic E-state index is -1.08. The summed E-state index contributed by atoms with van der Waals surface area (Å²) in [6.45, 7) is 1.15. The minimum absolute atomic E-state index is 0.0557. The van der Waals surface area contributed by atoms with Crippen molar-refractivity contribution in [1.82, 2.24) is 4.98 Å². The van der Waals surface area contributed by atoms with Crippen LogP contribution in [0.5, 0.6) is 11.5 Å². The molecule has 2 heterocycles. The molecule has 0 amide bonds. The van der Waals surface area contributed by atoms with Crippen LogP contribution in [0.25, 0.3) is 0 Å². The molecule has 1 aromatic heterocycles. The number of benzene rings is 1. The van der Waals surface area contributed by atoms with Crippen LogP contribution in [-0.2, 0) is 12.8 Å². The average Bonchev–Trinajstić information content (AvgIpc) is 2.95. The predicted molar refractivity (Wildman–Crippen MR) is 76.0 cm³/mol. The van der Waals surface area contributed by atoms with Crippen molar-refractivity contribution in [3.8, 4) is 11.5 Å². The highest BCUT2D eigenvalue weighted by atomic mass is 16.5. The van der Waals surface area contributed by atoms with Gasteiger partial charge in [-0.1, -0.05) is 12.1 Å². The van der Waals surface area contributed by atoms with Crippen molar-refractivity contribution in [3.05, 3.63) is 53.3 Å². The molecule has 1 N–H and O–H groups in total. The Hall–Kier alpha value is -2.56. The Labute approximate surface area is 122 Å². The second-order valence-corrected chi connectivity index (χ2v) is 4.79. The van der Waals surface area contributed by atoms with Crippen molar-refractivity contribution >= 4 is 5.97 Å². The van der Waals surface area contributed by atoms with E-state index in [0.717, 1.165) is 24.3 Å². The molecule has 2 aromatic rings. The molecular formula is C16H15NO4. The smallest absolute Gasteiger partial charge is 0.358 e. The molecule has 21 heavy (non-hydrogen) atoms. The van der Waals surface area contributed by atoms with E-state index in [2.05, 4.69) is 11.1 Å². The first kappa shape index (κ1) is 13.4. The lowest BCUT2D eigenvalue weighted by atomic mass is 10.1. The first-order valence-corrected chi connectivity index (χ1v) is 6.80. The highest BCUT2D eigenvalue weighted by molar-refractivity contribution is 5.88. The molecule has 1 aliphatic heterocycles. The van der Waals surface area contributed by atoms with E-state index in [1.54, 1.807) is 12.1 Å². The molecule has 0 saturated heterocycles. The predicted octanol–water partition coefficient (Wildman–Crippen LogP) is 2.34. The molecule has 0 atom stereocenters. The van der Waals surface area contributed by atoms with E-state index in [1.165, 1.54) is 11.8 Å². The zero-order valence-electron chi connectivity index (χ0n) is 11.4. The van der Waals surface area contributed by atoms with Gasteiger partial charge in [0.15, 0.2) is 11.4 Å². The molecule has 5 heteroatoms. The Bertz CT molecular complexity index is 669. The third kappa shape index (κ3) is 2.97. The number of aromatic carboxylic acids is 1. The van der Waals surface area contributed by atoms with Gasteiger partial charge < -0.3 is 14.6 Å². The van der Waals surface area contributed by atoms with Gasteiger partial charge >= 0.3 is 5.97 Å². The lowest BCUT2D eigenvalue weighted by Crippen LogP contribution is -2.08. The second kappa shape index (κ2) is 5.83. The standard InChI is InChI=1S/C16H15NO4/c18-16(19)15-14(2-1-7-17-15)21-8-5-11-3-4-13-12(10-11)6-9-20-13/h1-4,7,10H,5-6,8-9H2,(H,18,19). The van der Waals surface area contributed by atoms with Gasteiger partial charge in [0.1, 0.15) is 5.75 Å². The monoisotopic (exact) mass is 285 g/mol. The second-order valence-electron chi connectivity index (χ2n) is 4.79. The van der Waals surface area contributed by atoms with Crippen molar-refractivity contribution < 1.29 is 19.4 Å². The molecule has 1 aliphatic rings. The Balaban J connectivity index is 1.63. The Kier molecular flexibility index (Phi) is 3.73. The number of nitrogens with zero attached hydrogens (tertiary/aromatic N) is 1. The Morgan fingerprint density at radius 2 is 2.29 bits per heavy atom. The molecule has 0 saturated carbocycles. The van der Waals surface area contributed by atoms with E-state index >= 15 is 0 Å². The highest BCUT2D eigenvalue weighted by Gasteiger charge is 2.13. The first-order valence-electron chi connectivity index (χ1n) is 6.80. The molecule has 0 radical (unpaired) electrons. The average molecular weight is 285 g/mol. The fourth-order valence-electron chi connectivity index (χ4n) is 2.34. The number of hydrogen-bond acceptors (Lipinski definition) is 4. The Morgan fingerprint density at radius 3 is 3.14 bits per heavy atom. The summed E-state index contributed by atoms with van der Waals surface area (Å²) in [5.41, 5.74) is 2.32. The van der Waals surface area contributed by atoms with Gasteiger partial charge in [-0.3, -0.25) is 0 Å². The van der Waals surface area contributed by atoms with Crippen LogP contribution in [0.3, 0.4) is 0 Å². The van der Waals surface area contributed by atoms with Gasteiger partial charge in [-0.25, -0.2) is 9.78 Å². The molecule has 1 aromatic carbocycles. The quantitative estimate of drug-likeness (QED) is 0.913. The van der Waals surface area contributed by atoms with Crippen LogP contribution < -0.4 is 9.47 Å². The van der Waals surface area contributed by atoms with Crippen LogP contribution in [-0.4, -0.2) is 29.3 Å². The maximum absolute atomic E-state index is 11.0. The fraction of sp³-hybridized carbons (Fsp3) is 0.250. The summed E-state index contributed by atoms with van der Waals surface area (Å²) in [5, 5.41) is 9.03. The molecule has 0 aliphatic carbocycles. The summed E-state index contributed by atoms with van der Waals surface area (Å²) in [6.07, 6.45) is 3.09. The van der Waals surface area contributed by atoms with Crippen molar-refractivity contribution in [2.75, 3.05) is 13.2 Å². The highest BCUT2D eigenvalue weighted by Crippen LogP contribution is 2.26. The molecule has 5 nitrogen and oxygen atoms in total. The van der Waals surface area contributed by atoms with Gasteiger partial charge in [-0.05, 0) is 29.3 Å². The summed E-state index contributed by atoms with van der Waals surface area (Å²) in [5.74, 6) is 0.176. The third-order valence-electron chi connectivity index (χ3n) is 3.38. The lowest BCUT2D eigenvalue weighted by Gasteiger charge is -2.09. The first-order chi connectivity index (χ1) is 10.2. The van der Waals surface area contributed by atoms with Crippen molar-refractivity contribution in [3.63, 3.8) is 0 Å². The number of pyridine rings is 1.